The van der Waals surface area contributed by atoms with Gasteiger partial charge < -0.3 is 10.2 Å². The number of aliphatic carboxylic acids is 1. The Morgan fingerprint density at radius 3 is 2.63 bits per heavy atom. The van der Waals surface area contributed by atoms with Gasteiger partial charge in [0.25, 0.3) is 0 Å². The minimum atomic E-state index is -0.881. The molecule has 0 saturated heterocycles. The number of carboxylic acids is 1. The molecule has 27 heavy (non-hydrogen) atoms. The summed E-state index contributed by atoms with van der Waals surface area (Å²) in [5.41, 5.74) is 0.268. The normalized spacial score (nSPS) is 49.0. The molecule has 4 rings (SSSR count). The van der Waals surface area contributed by atoms with E-state index in [-0.39, 0.29) is 28.3 Å². The molecule has 4 aliphatic carbocycles. The van der Waals surface area contributed by atoms with E-state index in [9.17, 15) is 14.7 Å². The van der Waals surface area contributed by atoms with E-state index in [1.54, 1.807) is 0 Å². The minimum absolute atomic E-state index is 0.0317. The van der Waals surface area contributed by atoms with Gasteiger partial charge in [-0.25, -0.2) is 0 Å². The van der Waals surface area contributed by atoms with Gasteiger partial charge in [-0.1, -0.05) is 19.4 Å². The lowest BCUT2D eigenvalue weighted by molar-refractivity contribution is -0.146. The Hall–Kier alpha value is -0.810. The van der Waals surface area contributed by atoms with Crippen molar-refractivity contribution in [1.82, 2.24) is 0 Å². The van der Waals surface area contributed by atoms with Crippen LogP contribution in [-0.2, 0) is 9.59 Å². The van der Waals surface area contributed by atoms with E-state index in [2.05, 4.69) is 13.8 Å². The fraction of sp³-hybridized carbons (Fsp3) is 0.818. The maximum absolute atomic E-state index is 12.0. The van der Waals surface area contributed by atoms with Gasteiger partial charge in [-0.3, -0.25) is 9.59 Å². The Labute approximate surface area is 167 Å². The van der Waals surface area contributed by atoms with Crippen LogP contribution in [0.1, 0.15) is 71.6 Å². The summed E-state index contributed by atoms with van der Waals surface area (Å²) in [4.78, 5) is 23.1. The number of fused-ring (bicyclic) bond motifs is 5. The Balaban J connectivity index is 1.66. The maximum atomic E-state index is 12.0. The van der Waals surface area contributed by atoms with Crippen molar-refractivity contribution in [3.8, 4) is 0 Å². The van der Waals surface area contributed by atoms with Crippen molar-refractivity contribution in [2.75, 3.05) is 0 Å². The Morgan fingerprint density at radius 1 is 1.22 bits per heavy atom. The Kier molecular flexibility index (Phi) is 4.59. The second-order valence-electron chi connectivity index (χ2n) is 10.0. The van der Waals surface area contributed by atoms with Gasteiger partial charge in [0.1, 0.15) is 0 Å². The molecule has 0 aromatic heterocycles. The molecule has 3 saturated carbocycles. The molecule has 1 unspecified atom stereocenters. The van der Waals surface area contributed by atoms with Gasteiger partial charge in [-0.2, -0.15) is 12.6 Å². The van der Waals surface area contributed by atoms with Crippen molar-refractivity contribution in [1.29, 1.82) is 0 Å². The number of hydrogen-bond acceptors (Lipinski definition) is 4. The number of rotatable bonds is 3. The monoisotopic (exact) mass is 392 g/mol. The summed E-state index contributed by atoms with van der Waals surface area (Å²) >= 11 is 5.00. The molecular weight excluding hydrogens is 360 g/mol. The lowest BCUT2D eigenvalue weighted by atomic mass is 9.46. The Bertz CT molecular complexity index is 702. The average molecular weight is 393 g/mol. The maximum Gasteiger partial charge on any atom is 0.303 e. The minimum Gasteiger partial charge on any atom is -0.481 e. The number of thiol groups is 1. The van der Waals surface area contributed by atoms with Crippen LogP contribution < -0.4 is 0 Å². The van der Waals surface area contributed by atoms with Crippen molar-refractivity contribution < 1.29 is 19.8 Å². The predicted octanol–water partition coefficient (Wildman–Crippen LogP) is 4.02. The average Bonchev–Trinajstić information content (AvgIpc) is 2.87. The second-order valence-corrected chi connectivity index (χ2v) is 10.7. The first kappa shape index (κ1) is 19.5. The molecule has 4 nitrogen and oxygen atoms in total. The zero-order chi connectivity index (χ0) is 19.6. The number of allylic oxidation sites excluding steroid dienone is 1. The first-order valence-electron chi connectivity index (χ1n) is 10.5. The molecule has 0 aromatic rings. The number of aliphatic hydroxyl groups is 1. The van der Waals surface area contributed by atoms with Crippen LogP contribution >= 0.6 is 12.6 Å². The third kappa shape index (κ3) is 2.75. The molecule has 0 amide bonds. The molecule has 3 fully saturated rings. The fourth-order valence-corrected chi connectivity index (χ4v) is 7.97. The summed E-state index contributed by atoms with van der Waals surface area (Å²) in [7, 11) is 0. The molecule has 0 aliphatic heterocycles. The summed E-state index contributed by atoms with van der Waals surface area (Å²) < 4.78 is 0. The van der Waals surface area contributed by atoms with E-state index in [0.717, 1.165) is 32.1 Å². The molecule has 0 spiro atoms. The summed E-state index contributed by atoms with van der Waals surface area (Å²) in [5, 5.41) is 20.8. The third-order valence-electron chi connectivity index (χ3n) is 9.06. The van der Waals surface area contributed by atoms with Gasteiger partial charge >= 0.3 is 5.97 Å². The topological polar surface area (TPSA) is 74.6 Å². The van der Waals surface area contributed by atoms with Crippen molar-refractivity contribution in [2.45, 2.75) is 82.5 Å². The Morgan fingerprint density at radius 2 is 1.93 bits per heavy atom. The van der Waals surface area contributed by atoms with Crippen molar-refractivity contribution in [2.24, 2.45) is 28.6 Å². The van der Waals surface area contributed by atoms with E-state index < -0.39 is 11.6 Å². The third-order valence-corrected chi connectivity index (χ3v) is 9.58. The summed E-state index contributed by atoms with van der Waals surface area (Å²) in [6.07, 6.45) is 8.35. The van der Waals surface area contributed by atoms with E-state index in [1.165, 1.54) is 5.57 Å². The molecule has 0 bridgehead atoms. The van der Waals surface area contributed by atoms with Gasteiger partial charge in [-0.05, 0) is 79.6 Å². The highest BCUT2D eigenvalue weighted by molar-refractivity contribution is 7.81. The van der Waals surface area contributed by atoms with Gasteiger partial charge in [-0.15, -0.1) is 0 Å². The summed E-state index contributed by atoms with van der Waals surface area (Å²) in [6.45, 7) is 4.54. The highest BCUT2D eigenvalue weighted by Gasteiger charge is 2.65. The SMILES string of the molecule is C[C@]12CCC(=O)C=C1CC(S)[C@@H]1[C@@H]2CC[C@@]2(C)[C@H]1CC[C@]2(O)CCC(=O)O. The second kappa shape index (κ2) is 6.35. The number of hydrogen-bond donors (Lipinski definition) is 3. The lowest BCUT2D eigenvalue weighted by Gasteiger charge is -2.60. The summed E-state index contributed by atoms with van der Waals surface area (Å²) in [6, 6.07) is 0. The van der Waals surface area contributed by atoms with Gasteiger partial charge in [0.15, 0.2) is 5.78 Å². The highest BCUT2D eigenvalue weighted by Crippen LogP contribution is 2.68. The van der Waals surface area contributed by atoms with Crippen molar-refractivity contribution in [3.05, 3.63) is 11.6 Å². The lowest BCUT2D eigenvalue weighted by Crippen LogP contribution is -2.57. The predicted molar refractivity (Wildman–Crippen MR) is 107 cm³/mol. The number of carbonyl (C=O) groups excluding carboxylic acids is 1. The van der Waals surface area contributed by atoms with Crippen molar-refractivity contribution >= 4 is 24.4 Å². The molecule has 0 heterocycles. The smallest absolute Gasteiger partial charge is 0.303 e. The molecule has 2 N–H and O–H groups in total. The molecule has 0 radical (unpaired) electrons. The largest absolute Gasteiger partial charge is 0.481 e. The zero-order valence-electron chi connectivity index (χ0n) is 16.4. The van der Waals surface area contributed by atoms with Crippen LogP contribution in [0.4, 0.5) is 0 Å². The van der Waals surface area contributed by atoms with E-state index in [0.29, 0.717) is 37.0 Å². The van der Waals surface area contributed by atoms with Crippen LogP contribution in [0, 0.1) is 28.6 Å². The first-order valence-corrected chi connectivity index (χ1v) is 11.0. The highest BCUT2D eigenvalue weighted by atomic mass is 32.1. The first-order chi connectivity index (χ1) is 12.6. The van der Waals surface area contributed by atoms with Crippen LogP contribution in [-0.4, -0.2) is 32.8 Å². The van der Waals surface area contributed by atoms with Crippen LogP contribution in [0.25, 0.3) is 0 Å². The standard InChI is InChI=1S/C22H32O4S/c1-20-7-3-14(23)11-13(20)12-17(27)19-15(20)4-8-21(2)16(19)5-9-22(21,26)10-6-18(24)25/h11,15-17,19,26-27H,3-10,12H2,1-2H3,(H,24,25)/t15-,16-,17?,19+,20-,21-,22-/m0/s1. The number of carbonyl (C=O) groups is 2. The van der Waals surface area contributed by atoms with Crippen LogP contribution in [0.15, 0.2) is 11.6 Å². The van der Waals surface area contributed by atoms with Crippen LogP contribution in [0.3, 0.4) is 0 Å². The van der Waals surface area contributed by atoms with Gasteiger partial charge in [0.05, 0.1) is 5.60 Å². The van der Waals surface area contributed by atoms with E-state index in [1.807, 2.05) is 6.08 Å². The quantitative estimate of drug-likeness (QED) is 0.634. The molecule has 7 atom stereocenters. The fourth-order valence-electron chi connectivity index (χ4n) is 7.36. The molecule has 5 heteroatoms. The van der Waals surface area contributed by atoms with Crippen LogP contribution in [0.2, 0.25) is 0 Å². The van der Waals surface area contributed by atoms with Crippen LogP contribution in [0.5, 0.6) is 0 Å². The molecule has 150 valence electrons. The molecule has 0 aromatic carbocycles. The number of ketones is 1. The van der Waals surface area contributed by atoms with E-state index in [4.69, 9.17) is 17.7 Å². The van der Waals surface area contributed by atoms with E-state index >= 15 is 0 Å². The summed E-state index contributed by atoms with van der Waals surface area (Å²) in [5.74, 6) is 0.747. The number of carboxylic acid groups (broad SMARTS) is 1. The van der Waals surface area contributed by atoms with Gasteiger partial charge in [0, 0.05) is 18.1 Å². The molecule has 4 aliphatic rings. The molecular formula is C22H32O4S. The van der Waals surface area contributed by atoms with Crippen molar-refractivity contribution in [3.63, 3.8) is 0 Å². The zero-order valence-corrected chi connectivity index (χ0v) is 17.3. The van der Waals surface area contributed by atoms with Gasteiger partial charge in [0.2, 0.25) is 0 Å².